The largest absolute Gasteiger partial charge is 0.496 e. The van der Waals surface area contributed by atoms with Crippen molar-refractivity contribution < 1.29 is 49.8 Å². The summed E-state index contributed by atoms with van der Waals surface area (Å²) in [6.07, 6.45) is -8.77. The van der Waals surface area contributed by atoms with E-state index < -0.39 is 42.7 Å². The van der Waals surface area contributed by atoms with Crippen molar-refractivity contribution in [3.05, 3.63) is 94.1 Å². The van der Waals surface area contributed by atoms with Crippen molar-refractivity contribution in [2.45, 2.75) is 32.1 Å². The summed E-state index contributed by atoms with van der Waals surface area (Å²) >= 11 is 0. The number of guanidine groups is 1. The lowest BCUT2D eigenvalue weighted by Gasteiger charge is -2.30. The fourth-order valence-corrected chi connectivity index (χ4v) is 4.50. The molecule has 0 fully saturated rings. The number of halogens is 8. The van der Waals surface area contributed by atoms with Gasteiger partial charge in [0.1, 0.15) is 5.75 Å². The highest BCUT2D eigenvalue weighted by Gasteiger charge is 2.32. The number of hydrogen-bond donors (Lipinski definition) is 3. The van der Waals surface area contributed by atoms with Gasteiger partial charge >= 0.3 is 12.1 Å². The average molecular weight is 676 g/mol. The minimum Gasteiger partial charge on any atom is -0.496 e. The highest BCUT2D eigenvalue weighted by molar-refractivity contribution is 5.86. The van der Waals surface area contributed by atoms with E-state index in [1.54, 1.807) is 18.2 Å². The average Bonchev–Trinajstić information content (AvgIpc) is 3.02. The molecule has 8 nitrogen and oxygen atoms in total. The fraction of sp³-hybridized carbons (Fsp3) is 0.290. The summed E-state index contributed by atoms with van der Waals surface area (Å²) in [6, 6.07) is 10.5. The number of nitrogens with two attached hydrogens (primary N) is 1. The second-order valence-corrected chi connectivity index (χ2v) is 9.74. The predicted octanol–water partition coefficient (Wildman–Crippen LogP) is 7.24. The number of rotatable bonds is 11. The summed E-state index contributed by atoms with van der Waals surface area (Å²) in [7, 11) is 4.61. The van der Waals surface area contributed by atoms with E-state index in [-0.39, 0.29) is 29.2 Å². The first-order valence-corrected chi connectivity index (χ1v) is 13.5. The highest BCUT2D eigenvalue weighted by Crippen LogP contribution is 2.37. The third-order valence-corrected chi connectivity index (χ3v) is 6.43. The Labute approximate surface area is 265 Å². The van der Waals surface area contributed by atoms with Crippen LogP contribution in [0, 0.1) is 0 Å². The third-order valence-electron chi connectivity index (χ3n) is 6.43. The van der Waals surface area contributed by atoms with Crippen molar-refractivity contribution in [3.8, 4) is 16.9 Å². The molecule has 0 saturated heterocycles. The maximum Gasteiger partial charge on any atom is 0.416 e. The van der Waals surface area contributed by atoms with Crippen LogP contribution in [-0.2, 0) is 24.1 Å². The molecule has 3 aromatic rings. The molecule has 0 bridgehead atoms. The number of ether oxygens (including phenoxy) is 1. The topological polar surface area (TPSA) is 103 Å². The van der Waals surface area contributed by atoms with Gasteiger partial charge in [0.25, 0.3) is 12.9 Å². The zero-order valence-electron chi connectivity index (χ0n) is 25.6. The third kappa shape index (κ3) is 11.0. The Morgan fingerprint density at radius 2 is 1.64 bits per heavy atom. The van der Waals surface area contributed by atoms with Crippen molar-refractivity contribution in [1.82, 2.24) is 15.4 Å². The van der Waals surface area contributed by atoms with Crippen LogP contribution in [0.5, 0.6) is 5.75 Å². The number of hydrogen-bond acceptors (Lipinski definition) is 5. The maximum atomic E-state index is 13.9. The van der Waals surface area contributed by atoms with Crippen LogP contribution in [0.25, 0.3) is 17.2 Å². The van der Waals surface area contributed by atoms with Gasteiger partial charge in [0.2, 0.25) is 5.96 Å². The van der Waals surface area contributed by atoms with Gasteiger partial charge in [0.15, 0.2) is 0 Å². The number of aliphatic carboxylic acids is 1. The molecular weight excluding hydrogens is 642 g/mol. The van der Waals surface area contributed by atoms with Gasteiger partial charge in [0, 0.05) is 50.0 Å². The van der Waals surface area contributed by atoms with E-state index in [2.05, 4.69) is 10.4 Å². The minimum absolute atomic E-state index is 0.0190. The molecule has 0 aliphatic heterocycles. The van der Waals surface area contributed by atoms with Crippen LogP contribution in [0.2, 0.25) is 0 Å². The summed E-state index contributed by atoms with van der Waals surface area (Å²) in [5, 5.41) is 10.0. The second kappa shape index (κ2) is 17.3. The first-order chi connectivity index (χ1) is 22.1. The van der Waals surface area contributed by atoms with E-state index in [1.807, 2.05) is 0 Å². The number of methoxy groups -OCH3 is 1. The summed E-state index contributed by atoms with van der Waals surface area (Å²) in [6.45, 7) is -0.698. The first kappa shape index (κ1) is 38.5. The number of carbonyl (C=O) groups is 1. The monoisotopic (exact) mass is 675 g/mol. The highest BCUT2D eigenvalue weighted by atomic mass is 19.4. The molecule has 0 aliphatic rings. The Morgan fingerprint density at radius 3 is 2.17 bits per heavy atom. The smallest absolute Gasteiger partial charge is 0.416 e. The van der Waals surface area contributed by atoms with Crippen molar-refractivity contribution in [2.75, 3.05) is 28.4 Å². The van der Waals surface area contributed by atoms with Gasteiger partial charge in [-0.25, -0.2) is 22.4 Å². The van der Waals surface area contributed by atoms with Crippen LogP contribution in [0.3, 0.4) is 0 Å². The predicted molar refractivity (Wildman–Crippen MR) is 161 cm³/mol. The van der Waals surface area contributed by atoms with Crippen LogP contribution >= 0.6 is 0 Å². The second-order valence-electron chi connectivity index (χ2n) is 9.74. The molecule has 0 radical (unpaired) electrons. The maximum absolute atomic E-state index is 13.9. The Morgan fingerprint density at radius 1 is 0.979 bits per heavy atom. The number of alkyl halides is 8. The molecule has 0 saturated carbocycles. The lowest BCUT2D eigenvalue weighted by atomic mass is 9.94. The number of benzene rings is 3. The van der Waals surface area contributed by atoms with E-state index >= 15 is 0 Å². The molecule has 47 heavy (non-hydrogen) atoms. The molecule has 0 aromatic heterocycles. The van der Waals surface area contributed by atoms with Gasteiger partial charge in [-0.05, 0) is 64.7 Å². The van der Waals surface area contributed by atoms with E-state index in [4.69, 9.17) is 15.7 Å². The molecule has 3 rings (SSSR count). The van der Waals surface area contributed by atoms with Gasteiger partial charge in [-0.15, -0.1) is 0 Å². The van der Waals surface area contributed by atoms with Crippen molar-refractivity contribution in [1.29, 1.82) is 0 Å². The molecule has 256 valence electrons. The van der Waals surface area contributed by atoms with Gasteiger partial charge in [-0.2, -0.15) is 18.3 Å². The minimum atomic E-state index is -4.92. The SMILES string of the molecule is CF.CN=C(NN(C)N)N(Cc1cc(C(F)F)cc(C(F)(F)F)c1)Cc1cc(C(F)F)ccc1-c1cc(/C=C/C(=O)O)ccc1OC. The quantitative estimate of drug-likeness (QED) is 0.0492. The van der Waals surface area contributed by atoms with Gasteiger partial charge in [0.05, 0.1) is 19.9 Å². The van der Waals surface area contributed by atoms with Crippen LogP contribution in [0.15, 0.2) is 65.7 Å². The van der Waals surface area contributed by atoms with Crippen LogP contribution in [-0.4, -0.2) is 55.4 Å². The lowest BCUT2D eigenvalue weighted by Crippen LogP contribution is -2.50. The van der Waals surface area contributed by atoms with Crippen molar-refractivity contribution in [3.63, 3.8) is 0 Å². The first-order valence-electron chi connectivity index (χ1n) is 13.5. The number of nitrogens with one attached hydrogen (secondary N) is 1. The van der Waals surface area contributed by atoms with Crippen LogP contribution in [0.4, 0.5) is 35.1 Å². The summed E-state index contributed by atoms with van der Waals surface area (Å²) < 4.78 is 111. The summed E-state index contributed by atoms with van der Waals surface area (Å²) in [4.78, 5) is 16.5. The Bertz CT molecular complexity index is 1560. The zero-order chi connectivity index (χ0) is 35.5. The Balaban J connectivity index is 0.00000376. The van der Waals surface area contributed by atoms with Crippen molar-refractivity contribution >= 4 is 18.0 Å². The van der Waals surface area contributed by atoms with E-state index in [1.165, 1.54) is 50.4 Å². The van der Waals surface area contributed by atoms with E-state index in [0.29, 0.717) is 35.7 Å². The van der Waals surface area contributed by atoms with E-state index in [9.17, 15) is 39.9 Å². The zero-order valence-corrected chi connectivity index (χ0v) is 25.6. The Hall–Kier alpha value is -4.70. The normalized spacial score (nSPS) is 12.0. The van der Waals surface area contributed by atoms with Crippen LogP contribution in [0.1, 0.15) is 46.2 Å². The fourth-order valence-electron chi connectivity index (χ4n) is 4.50. The van der Waals surface area contributed by atoms with Gasteiger partial charge in [-0.3, -0.25) is 20.7 Å². The van der Waals surface area contributed by atoms with Crippen molar-refractivity contribution in [2.24, 2.45) is 10.8 Å². The lowest BCUT2D eigenvalue weighted by molar-refractivity contribution is -0.137. The molecule has 16 heteroatoms. The molecule has 0 aliphatic carbocycles. The molecule has 0 unspecified atom stereocenters. The molecular formula is C31H33F8N5O3. The molecule has 4 N–H and O–H groups in total. The number of hydrazine groups is 2. The van der Waals surface area contributed by atoms with E-state index in [0.717, 1.165) is 23.3 Å². The van der Waals surface area contributed by atoms with Crippen LogP contribution < -0.4 is 16.0 Å². The standard InChI is InChI=1S/C30H30F7N5O3.CH3F/c1-39-29(40-41(2)38)42(15-18-10-20(28(33)34)14-22(11-18)30(35,36)37)16-21-13-19(27(31)32)6-7-23(21)24-12-17(5-9-26(43)44)4-8-25(24)45-3;1-2/h4-14,27-28H,15-16,38H2,1-3H3,(H,39,40)(H,43,44);1H3/b9-5+;. The number of nitrogens with zero attached hydrogens (tertiary/aromatic N) is 3. The molecule has 0 amide bonds. The van der Waals surface area contributed by atoms with Gasteiger partial charge < -0.3 is 14.7 Å². The molecule has 3 aromatic carbocycles. The summed E-state index contributed by atoms with van der Waals surface area (Å²) in [5.41, 5.74) is 1.45. The number of aliphatic imine (C=N–C) groups is 1. The number of carboxylic acid groups (broad SMARTS) is 1. The molecule has 0 spiro atoms. The number of carboxylic acids is 1. The summed E-state index contributed by atoms with van der Waals surface area (Å²) in [5.74, 6) is 4.82. The van der Waals surface area contributed by atoms with Gasteiger partial charge in [-0.1, -0.05) is 18.2 Å². The Kier molecular flexibility index (Phi) is 14.1. The molecule has 0 atom stereocenters. The molecule has 0 heterocycles.